The molecule has 1 heterocycles. The number of rotatable bonds is 15. The summed E-state index contributed by atoms with van der Waals surface area (Å²) >= 11 is 0. The maximum absolute atomic E-state index is 16.8. The second-order valence-electron chi connectivity index (χ2n) is 13.4. The zero-order chi connectivity index (χ0) is 37.7. The molecule has 7 nitrogen and oxygen atoms in total. The molecule has 0 aliphatic rings. The quantitative estimate of drug-likeness (QED) is 0.117. The molecule has 1 aromatic heterocycles. The first kappa shape index (κ1) is 40.4. The summed E-state index contributed by atoms with van der Waals surface area (Å²) in [4.78, 5) is 42.4. The second-order valence-corrected chi connectivity index (χ2v) is 13.4. The van der Waals surface area contributed by atoms with Gasteiger partial charge in [-0.2, -0.15) is 13.2 Å². The first-order chi connectivity index (χ1) is 23.3. The van der Waals surface area contributed by atoms with Gasteiger partial charge in [-0.15, -0.1) is 0 Å². The van der Waals surface area contributed by atoms with Crippen LogP contribution < -0.4 is 10.3 Å². The van der Waals surface area contributed by atoms with Crippen LogP contribution in [-0.4, -0.2) is 55.6 Å². The summed E-state index contributed by atoms with van der Waals surface area (Å²) in [6.45, 7) is 10.6. The number of benzene rings is 2. The fraction of sp³-hybridized carbons (Fsp3) is 0.500. The predicted octanol–water partition coefficient (Wildman–Crippen LogP) is 8.13. The minimum absolute atomic E-state index is 0.0592. The summed E-state index contributed by atoms with van der Waals surface area (Å²) in [5.74, 6) is -6.42. The molecular weight excluding hydrogens is 659 g/mol. The Morgan fingerprint density at radius 3 is 2.20 bits per heavy atom. The number of hydrogen-bond donors (Lipinski definition) is 0. The van der Waals surface area contributed by atoms with Crippen molar-refractivity contribution in [2.45, 2.75) is 85.4 Å². The number of ketones is 1. The van der Waals surface area contributed by atoms with Crippen LogP contribution in [0, 0.1) is 38.3 Å². The van der Waals surface area contributed by atoms with E-state index in [1.807, 2.05) is 32.8 Å². The van der Waals surface area contributed by atoms with Gasteiger partial charge in [0.15, 0.2) is 5.78 Å². The van der Waals surface area contributed by atoms with Crippen molar-refractivity contribution in [3.8, 4) is 16.9 Å². The smallest absolute Gasteiger partial charge is 0.419 e. The molecule has 0 amide bonds. The molecule has 50 heavy (non-hydrogen) atoms. The number of hydrogen-bond acceptors (Lipinski definition) is 6. The molecule has 2 aromatic carbocycles. The Balaban J connectivity index is 2.31. The van der Waals surface area contributed by atoms with Gasteiger partial charge in [0.1, 0.15) is 17.4 Å². The monoisotopic (exact) mass is 706 g/mol. The van der Waals surface area contributed by atoms with Gasteiger partial charge in [-0.1, -0.05) is 19.9 Å². The lowest BCUT2D eigenvalue weighted by molar-refractivity contribution is -0.143. The molecule has 0 bridgehead atoms. The molecule has 12 heteroatoms. The van der Waals surface area contributed by atoms with E-state index in [0.29, 0.717) is 30.2 Å². The summed E-state index contributed by atoms with van der Waals surface area (Å²) < 4.78 is 87.9. The van der Waals surface area contributed by atoms with Crippen molar-refractivity contribution in [2.75, 3.05) is 34.4 Å². The third kappa shape index (κ3) is 9.38. The highest BCUT2D eigenvalue weighted by atomic mass is 19.4. The molecule has 0 aliphatic carbocycles. The standard InChI is InChI=1S/C38H47F5N2O5/c1-10-50-33(48)18-26(17-30(46)29(15-21(2)3)45-20-25(13-14-44(7)8)23(5)16-32(45)47)35-36(39)27(19-28(37(35)40)38(41,42)43)34-22(4)11-12-31(49-9)24(34)6/h11-12,16,19-21,26,29H,10,13-15,17-18H2,1-9H3/t26-,29?/m0/s1. The van der Waals surface area contributed by atoms with Crippen molar-refractivity contribution < 1.29 is 41.0 Å². The number of nitrogens with zero attached hydrogens (tertiary/aromatic N) is 2. The van der Waals surface area contributed by atoms with Gasteiger partial charge < -0.3 is 18.9 Å². The number of carbonyl (C=O) groups is 2. The van der Waals surface area contributed by atoms with Crippen LogP contribution in [0.5, 0.6) is 5.75 Å². The van der Waals surface area contributed by atoms with Gasteiger partial charge in [0, 0.05) is 42.3 Å². The molecule has 0 saturated carbocycles. The molecule has 0 spiro atoms. The van der Waals surface area contributed by atoms with E-state index in [9.17, 15) is 27.6 Å². The van der Waals surface area contributed by atoms with Gasteiger partial charge in [-0.25, -0.2) is 8.78 Å². The molecule has 1 unspecified atom stereocenters. The zero-order valence-electron chi connectivity index (χ0n) is 30.2. The Labute approximate surface area is 290 Å². The van der Waals surface area contributed by atoms with Crippen molar-refractivity contribution in [3.05, 3.63) is 85.8 Å². The number of methoxy groups -OCH3 is 1. The van der Waals surface area contributed by atoms with Crippen LogP contribution in [0.25, 0.3) is 11.1 Å². The SMILES string of the molecule is CCOC(=O)C[C@H](CC(=O)C(CC(C)C)n1cc(CCN(C)C)c(C)cc1=O)c1c(F)c(-c2c(C)ccc(OC)c2C)cc(C(F)(F)F)c1F. The van der Waals surface area contributed by atoms with Gasteiger partial charge in [-0.3, -0.25) is 14.4 Å². The molecule has 274 valence electrons. The number of likely N-dealkylation sites (N-methyl/N-ethyl adjacent to an activating group) is 1. The van der Waals surface area contributed by atoms with E-state index in [4.69, 9.17) is 9.47 Å². The van der Waals surface area contributed by atoms with Crippen molar-refractivity contribution in [2.24, 2.45) is 5.92 Å². The van der Waals surface area contributed by atoms with Gasteiger partial charge in [0.05, 0.1) is 31.7 Å². The lowest BCUT2D eigenvalue weighted by Crippen LogP contribution is -2.32. The van der Waals surface area contributed by atoms with Crippen LogP contribution in [0.3, 0.4) is 0 Å². The van der Waals surface area contributed by atoms with Crippen molar-refractivity contribution in [1.29, 1.82) is 0 Å². The Kier molecular flexibility index (Phi) is 13.5. The van der Waals surface area contributed by atoms with Crippen molar-refractivity contribution in [3.63, 3.8) is 0 Å². The highest BCUT2D eigenvalue weighted by Gasteiger charge is 2.40. The number of ether oxygens (including phenoxy) is 2. The predicted molar refractivity (Wildman–Crippen MR) is 183 cm³/mol. The van der Waals surface area contributed by atoms with E-state index >= 15 is 8.78 Å². The number of alkyl halides is 3. The van der Waals surface area contributed by atoms with Gasteiger partial charge >= 0.3 is 12.1 Å². The maximum atomic E-state index is 16.8. The number of Topliss-reactive ketones (excluding diaryl/α,β-unsaturated/α-hetero) is 1. The van der Waals surface area contributed by atoms with E-state index < -0.39 is 76.6 Å². The van der Waals surface area contributed by atoms with Crippen LogP contribution in [0.1, 0.15) is 85.4 Å². The molecule has 0 radical (unpaired) electrons. The highest BCUT2D eigenvalue weighted by molar-refractivity contribution is 5.85. The van der Waals surface area contributed by atoms with E-state index in [0.717, 1.165) is 11.1 Å². The minimum atomic E-state index is -5.25. The summed E-state index contributed by atoms with van der Waals surface area (Å²) in [5, 5.41) is 0. The molecule has 0 aliphatic heterocycles. The van der Waals surface area contributed by atoms with E-state index in [-0.39, 0.29) is 30.3 Å². The average molecular weight is 707 g/mol. The Morgan fingerprint density at radius 1 is 0.980 bits per heavy atom. The first-order valence-corrected chi connectivity index (χ1v) is 16.6. The molecule has 0 N–H and O–H groups in total. The topological polar surface area (TPSA) is 77.8 Å². The van der Waals surface area contributed by atoms with Gasteiger partial charge in [-0.05, 0) is 100 Å². The summed E-state index contributed by atoms with van der Waals surface area (Å²) in [6, 6.07) is 3.83. The second kappa shape index (κ2) is 16.8. The summed E-state index contributed by atoms with van der Waals surface area (Å²) in [5.41, 5.74) is -1.51. The van der Waals surface area contributed by atoms with Crippen LogP contribution in [0.15, 0.2) is 35.3 Å². The van der Waals surface area contributed by atoms with Crippen LogP contribution in [0.4, 0.5) is 22.0 Å². The first-order valence-electron chi connectivity index (χ1n) is 16.6. The largest absolute Gasteiger partial charge is 0.496 e. The van der Waals surface area contributed by atoms with E-state index in [1.165, 1.54) is 24.7 Å². The molecular formula is C38H47F5N2O5. The lowest BCUT2D eigenvalue weighted by Gasteiger charge is -2.26. The normalized spacial score (nSPS) is 13.1. The van der Waals surface area contributed by atoms with Crippen molar-refractivity contribution in [1.82, 2.24) is 9.47 Å². The van der Waals surface area contributed by atoms with Gasteiger partial charge in [0.25, 0.3) is 5.56 Å². The zero-order valence-corrected chi connectivity index (χ0v) is 30.2. The van der Waals surface area contributed by atoms with Gasteiger partial charge in [0.2, 0.25) is 0 Å². The average Bonchev–Trinajstić information content (AvgIpc) is 3.00. The Bertz CT molecular complexity index is 1760. The van der Waals surface area contributed by atoms with E-state index in [2.05, 4.69) is 0 Å². The lowest BCUT2D eigenvalue weighted by atomic mass is 9.83. The molecule has 3 aromatic rings. The number of halogens is 5. The van der Waals surface area contributed by atoms with Crippen molar-refractivity contribution >= 4 is 11.8 Å². The van der Waals surface area contributed by atoms with Crippen LogP contribution in [0.2, 0.25) is 0 Å². The van der Waals surface area contributed by atoms with Crippen LogP contribution >= 0.6 is 0 Å². The summed E-state index contributed by atoms with van der Waals surface area (Å²) in [7, 11) is 5.15. The number of carbonyl (C=O) groups excluding carboxylic acids is 2. The minimum Gasteiger partial charge on any atom is -0.496 e. The third-order valence-corrected chi connectivity index (χ3v) is 8.85. The third-order valence-electron chi connectivity index (χ3n) is 8.85. The van der Waals surface area contributed by atoms with Crippen LogP contribution in [-0.2, 0) is 26.9 Å². The fourth-order valence-electron chi connectivity index (χ4n) is 6.33. The Morgan fingerprint density at radius 2 is 1.64 bits per heavy atom. The highest BCUT2D eigenvalue weighted by Crippen LogP contribution is 2.44. The number of esters is 1. The molecule has 0 saturated heterocycles. The van der Waals surface area contributed by atoms with E-state index in [1.54, 1.807) is 39.1 Å². The number of aromatic nitrogens is 1. The molecule has 0 fully saturated rings. The molecule has 2 atom stereocenters. The molecule has 3 rings (SSSR count). The summed E-state index contributed by atoms with van der Waals surface area (Å²) in [6.07, 6.45) is -4.45. The number of aryl methyl sites for hydroxylation is 2. The number of pyridine rings is 1. The maximum Gasteiger partial charge on any atom is 0.419 e. The fourth-order valence-corrected chi connectivity index (χ4v) is 6.33. The Hall–Kier alpha value is -4.06.